The van der Waals surface area contributed by atoms with Gasteiger partial charge in [0, 0.05) is 54.7 Å². The number of nitrogens with zero attached hydrogens (tertiary/aromatic N) is 4. The van der Waals surface area contributed by atoms with Crippen LogP contribution in [0.2, 0.25) is 0 Å². The van der Waals surface area contributed by atoms with E-state index < -0.39 is 11.7 Å². The Morgan fingerprint density at radius 1 is 1.28 bits per heavy atom. The number of hydrogen-bond donors (Lipinski definition) is 2. The maximum absolute atomic E-state index is 14.7. The maximum Gasteiger partial charge on any atom is 0.259 e. The highest BCUT2D eigenvalue weighted by Crippen LogP contribution is 2.24. The van der Waals surface area contributed by atoms with Gasteiger partial charge in [-0.15, -0.1) is 0 Å². The van der Waals surface area contributed by atoms with Crippen molar-refractivity contribution < 1.29 is 9.18 Å². The highest BCUT2D eigenvalue weighted by atomic mass is 19.1. The molecule has 0 radical (unpaired) electrons. The molecule has 0 spiro atoms. The second-order valence-electron chi connectivity index (χ2n) is 8.40. The predicted molar refractivity (Wildman–Crippen MR) is 122 cm³/mol. The second kappa shape index (κ2) is 8.20. The number of benzene rings is 1. The Morgan fingerprint density at radius 2 is 2.16 bits per heavy atom. The second-order valence-corrected chi connectivity index (χ2v) is 8.40. The van der Waals surface area contributed by atoms with Gasteiger partial charge in [-0.2, -0.15) is 5.10 Å². The molecule has 164 valence electrons. The average Bonchev–Trinajstić information content (AvgIpc) is 3.48. The molecule has 1 saturated heterocycles. The van der Waals surface area contributed by atoms with Crippen LogP contribution in [0.3, 0.4) is 0 Å². The van der Waals surface area contributed by atoms with Crippen LogP contribution in [0, 0.1) is 5.82 Å². The summed E-state index contributed by atoms with van der Waals surface area (Å²) in [4.78, 5) is 22.9. The number of aromatic nitrogens is 4. The summed E-state index contributed by atoms with van der Waals surface area (Å²) in [5.41, 5.74) is 3.41. The van der Waals surface area contributed by atoms with Crippen LogP contribution in [-0.2, 0) is 13.6 Å². The summed E-state index contributed by atoms with van der Waals surface area (Å²) < 4.78 is 16.3. The number of anilines is 1. The zero-order chi connectivity index (χ0) is 22.2. The molecule has 4 heterocycles. The Balaban J connectivity index is 1.32. The number of pyridine rings is 1. The predicted octanol–water partition coefficient (Wildman–Crippen LogP) is 4.34. The molecule has 1 aliphatic rings. The topological polar surface area (TPSA) is 78.8 Å². The maximum atomic E-state index is 14.7. The van der Waals surface area contributed by atoms with Gasteiger partial charge in [0.2, 0.25) is 0 Å². The first-order valence-corrected chi connectivity index (χ1v) is 10.8. The van der Waals surface area contributed by atoms with Crippen LogP contribution in [0.25, 0.3) is 22.2 Å². The van der Waals surface area contributed by atoms with E-state index in [1.165, 1.54) is 25.0 Å². The molecule has 7 nitrogen and oxygen atoms in total. The van der Waals surface area contributed by atoms with E-state index in [0.717, 1.165) is 35.4 Å². The lowest BCUT2D eigenvalue weighted by molar-refractivity contribution is 0.102. The number of aromatic amines is 1. The average molecular weight is 433 g/mol. The summed E-state index contributed by atoms with van der Waals surface area (Å²) in [6.07, 6.45) is 5.84. The molecule has 2 N–H and O–H groups in total. The van der Waals surface area contributed by atoms with Gasteiger partial charge in [-0.1, -0.05) is 6.07 Å². The zero-order valence-electron chi connectivity index (χ0n) is 18.1. The van der Waals surface area contributed by atoms with E-state index >= 15 is 0 Å². The number of rotatable bonds is 5. The molecular formula is C24H25FN6O. The molecule has 1 aromatic carbocycles. The molecule has 0 aliphatic carbocycles. The smallest absolute Gasteiger partial charge is 0.259 e. The number of carbonyl (C=O) groups excluding carboxylic acids is 1. The molecule has 5 rings (SSSR count). The Bertz CT molecular complexity index is 1290. The van der Waals surface area contributed by atoms with E-state index in [2.05, 4.69) is 38.3 Å². The van der Waals surface area contributed by atoms with Gasteiger partial charge in [-0.3, -0.25) is 14.4 Å². The van der Waals surface area contributed by atoms with Crippen molar-refractivity contribution >= 4 is 22.6 Å². The molecular weight excluding hydrogens is 407 g/mol. The summed E-state index contributed by atoms with van der Waals surface area (Å²) in [6.45, 7) is 4.24. The molecule has 32 heavy (non-hydrogen) atoms. The van der Waals surface area contributed by atoms with Gasteiger partial charge < -0.3 is 10.3 Å². The number of nitrogens with one attached hydrogen (secondary N) is 2. The normalized spacial score (nSPS) is 16.7. The molecule has 0 saturated carbocycles. The highest BCUT2D eigenvalue weighted by Gasteiger charge is 2.21. The minimum Gasteiger partial charge on any atom is -0.357 e. The van der Waals surface area contributed by atoms with Crippen molar-refractivity contribution in [2.45, 2.75) is 32.4 Å². The quantitative estimate of drug-likeness (QED) is 0.492. The lowest BCUT2D eigenvalue weighted by Crippen LogP contribution is -2.26. The van der Waals surface area contributed by atoms with Crippen LogP contribution in [0.4, 0.5) is 10.2 Å². The van der Waals surface area contributed by atoms with Crippen LogP contribution < -0.4 is 5.32 Å². The van der Waals surface area contributed by atoms with Crippen LogP contribution in [-0.4, -0.2) is 43.1 Å². The number of aryl methyl sites for hydroxylation is 1. The number of hydrogen-bond acceptors (Lipinski definition) is 4. The molecule has 1 atom stereocenters. The summed E-state index contributed by atoms with van der Waals surface area (Å²) in [5, 5.41) is 7.79. The van der Waals surface area contributed by atoms with E-state index in [9.17, 15) is 9.18 Å². The fraction of sp³-hybridized carbons (Fsp3) is 0.292. The molecule has 8 heteroatoms. The van der Waals surface area contributed by atoms with E-state index in [4.69, 9.17) is 0 Å². The van der Waals surface area contributed by atoms with E-state index in [1.54, 1.807) is 42.3 Å². The Labute approximate surface area is 185 Å². The molecule has 0 bridgehead atoms. The zero-order valence-corrected chi connectivity index (χ0v) is 18.1. The molecule has 0 unspecified atom stereocenters. The minimum atomic E-state index is -0.593. The Kier molecular flexibility index (Phi) is 5.22. The molecule has 3 aromatic heterocycles. The van der Waals surface area contributed by atoms with Gasteiger partial charge in [-0.25, -0.2) is 9.37 Å². The number of amides is 1. The number of likely N-dealkylation sites (tertiary alicyclic amines) is 1. The first kappa shape index (κ1) is 20.4. The van der Waals surface area contributed by atoms with Gasteiger partial charge in [0.15, 0.2) is 0 Å². The first-order valence-electron chi connectivity index (χ1n) is 10.8. The third-order valence-electron chi connectivity index (χ3n) is 6.20. The van der Waals surface area contributed by atoms with Crippen molar-refractivity contribution in [2.75, 3.05) is 11.9 Å². The summed E-state index contributed by atoms with van der Waals surface area (Å²) in [7, 11) is 1.79. The lowest BCUT2D eigenvalue weighted by Gasteiger charge is -2.19. The standard InChI is InChI=1S/C24H25FN6O/c1-15-4-3-9-31(15)14-18-10-17-13-26-23(12-21(17)28-18)29-24(32)19-6-5-16(11-20(19)25)22-7-8-27-30(22)2/h5-8,10-13,15,28H,3-4,9,14H2,1-2H3,(H,26,29,32)/t15-/m0/s1. The Hall–Kier alpha value is -3.52. The van der Waals surface area contributed by atoms with Crippen LogP contribution in [0.5, 0.6) is 0 Å². The molecule has 1 fully saturated rings. The molecule has 1 aliphatic heterocycles. The third-order valence-corrected chi connectivity index (χ3v) is 6.20. The largest absolute Gasteiger partial charge is 0.357 e. The fourth-order valence-corrected chi connectivity index (χ4v) is 4.39. The van der Waals surface area contributed by atoms with Gasteiger partial charge in [0.1, 0.15) is 11.6 Å². The summed E-state index contributed by atoms with van der Waals surface area (Å²) in [5.74, 6) is -0.756. The first-order chi connectivity index (χ1) is 15.5. The molecule has 4 aromatic rings. The van der Waals surface area contributed by atoms with Crippen molar-refractivity contribution in [1.82, 2.24) is 24.6 Å². The van der Waals surface area contributed by atoms with Crippen LogP contribution in [0.1, 0.15) is 35.8 Å². The van der Waals surface area contributed by atoms with Gasteiger partial charge in [0.25, 0.3) is 5.91 Å². The monoisotopic (exact) mass is 432 g/mol. The van der Waals surface area contributed by atoms with Gasteiger partial charge in [0.05, 0.1) is 16.8 Å². The fourth-order valence-electron chi connectivity index (χ4n) is 4.39. The Morgan fingerprint density at radius 3 is 2.88 bits per heavy atom. The third kappa shape index (κ3) is 3.89. The summed E-state index contributed by atoms with van der Waals surface area (Å²) >= 11 is 0. The lowest BCUT2D eigenvalue weighted by atomic mass is 10.1. The number of H-pyrrole nitrogens is 1. The number of carbonyl (C=O) groups is 1. The van der Waals surface area contributed by atoms with Gasteiger partial charge >= 0.3 is 0 Å². The SMILES string of the molecule is C[C@H]1CCCN1Cc1cc2cnc(NC(=O)c3ccc(-c4ccnn4C)cc3F)cc2[nH]1. The van der Waals surface area contributed by atoms with Crippen molar-refractivity contribution in [2.24, 2.45) is 7.05 Å². The van der Waals surface area contributed by atoms with Gasteiger partial charge in [-0.05, 0) is 50.6 Å². The van der Waals surface area contributed by atoms with Crippen molar-refractivity contribution in [1.29, 1.82) is 0 Å². The number of halogens is 1. The molecule has 1 amide bonds. The highest BCUT2D eigenvalue weighted by molar-refractivity contribution is 6.04. The van der Waals surface area contributed by atoms with Crippen molar-refractivity contribution in [3.05, 3.63) is 65.9 Å². The van der Waals surface area contributed by atoms with Crippen LogP contribution in [0.15, 0.2) is 48.8 Å². The summed E-state index contributed by atoms with van der Waals surface area (Å²) in [6, 6.07) is 10.8. The minimum absolute atomic E-state index is 0.0342. The van der Waals surface area contributed by atoms with E-state index in [-0.39, 0.29) is 5.56 Å². The number of fused-ring (bicyclic) bond motifs is 1. The van der Waals surface area contributed by atoms with E-state index in [1.807, 2.05) is 0 Å². The van der Waals surface area contributed by atoms with Crippen LogP contribution >= 0.6 is 0 Å². The van der Waals surface area contributed by atoms with Crippen molar-refractivity contribution in [3.8, 4) is 11.3 Å². The van der Waals surface area contributed by atoms with E-state index in [0.29, 0.717) is 17.4 Å². The van der Waals surface area contributed by atoms with Crippen molar-refractivity contribution in [3.63, 3.8) is 0 Å².